The molecule has 0 aliphatic carbocycles. The molecule has 2 aliphatic rings. The average molecular weight is 426 g/mol. The molecule has 0 radical (unpaired) electrons. The normalized spacial score (nSPS) is 23.2. The maximum absolute atomic E-state index is 13.6. The molecule has 2 aromatic carbocycles. The lowest BCUT2D eigenvalue weighted by atomic mass is 9.78. The molecule has 4 heteroatoms. The molecule has 0 saturated carbocycles. The summed E-state index contributed by atoms with van der Waals surface area (Å²) >= 11 is 0. The first-order chi connectivity index (χ1) is 15.6. The maximum Gasteiger partial charge on any atom is 0.252 e. The van der Waals surface area contributed by atoms with E-state index in [1.807, 2.05) is 50.4 Å². The van der Waals surface area contributed by atoms with Gasteiger partial charge in [0.05, 0.1) is 11.7 Å². The molecule has 1 amide bonds. The first-order valence-corrected chi connectivity index (χ1v) is 11.7. The van der Waals surface area contributed by atoms with Crippen LogP contribution in [-0.2, 0) is 6.54 Å². The third-order valence-electron chi connectivity index (χ3n) is 7.55. The van der Waals surface area contributed by atoms with Crippen LogP contribution in [0.2, 0.25) is 0 Å². The summed E-state index contributed by atoms with van der Waals surface area (Å²) in [5, 5.41) is 3.51. The van der Waals surface area contributed by atoms with E-state index in [4.69, 9.17) is 0 Å². The lowest BCUT2D eigenvalue weighted by Crippen LogP contribution is -2.52. The second-order valence-corrected chi connectivity index (χ2v) is 9.37. The number of rotatable bonds is 6. The Labute approximate surface area is 190 Å². The maximum atomic E-state index is 13.6. The van der Waals surface area contributed by atoms with E-state index in [0.717, 1.165) is 41.8 Å². The summed E-state index contributed by atoms with van der Waals surface area (Å²) in [6.07, 6.45) is 6.41. The molecule has 3 aromatic rings. The second-order valence-electron chi connectivity index (χ2n) is 9.37. The zero-order valence-corrected chi connectivity index (χ0v) is 18.9. The number of benzene rings is 2. The fourth-order valence-corrected chi connectivity index (χ4v) is 6.02. The molecule has 1 aromatic heterocycles. The van der Waals surface area contributed by atoms with Crippen molar-refractivity contribution in [3.63, 3.8) is 0 Å². The van der Waals surface area contributed by atoms with Crippen LogP contribution in [-0.4, -0.2) is 27.4 Å². The summed E-state index contributed by atoms with van der Waals surface area (Å²) in [4.78, 5) is 20.9. The highest BCUT2D eigenvalue weighted by molar-refractivity contribution is 5.97. The summed E-state index contributed by atoms with van der Waals surface area (Å²) in [7, 11) is 0. The number of fused-ring (bicyclic) bond motifs is 2. The van der Waals surface area contributed by atoms with Crippen molar-refractivity contribution in [2.24, 2.45) is 0 Å². The van der Waals surface area contributed by atoms with Crippen LogP contribution in [0, 0.1) is 13.8 Å². The Morgan fingerprint density at radius 1 is 1.00 bits per heavy atom. The van der Waals surface area contributed by atoms with Gasteiger partial charge in [0.15, 0.2) is 0 Å². The number of hydrogen-bond acceptors (Lipinski definition) is 3. The number of aromatic nitrogens is 1. The molecule has 5 rings (SSSR count). The lowest BCUT2D eigenvalue weighted by molar-refractivity contribution is 0.0753. The Morgan fingerprint density at radius 3 is 2.34 bits per heavy atom. The van der Waals surface area contributed by atoms with Crippen LogP contribution in [0.4, 0.5) is 0 Å². The van der Waals surface area contributed by atoms with Crippen LogP contribution in [0.1, 0.15) is 64.5 Å². The number of pyridine rings is 1. The van der Waals surface area contributed by atoms with E-state index < -0.39 is 0 Å². The van der Waals surface area contributed by atoms with Gasteiger partial charge < -0.3 is 5.32 Å². The fraction of sp³-hybridized carbons (Fsp3) is 0.357. The molecular formula is C28H31N3O. The molecule has 4 nitrogen and oxygen atoms in total. The van der Waals surface area contributed by atoms with Crippen molar-refractivity contribution >= 4 is 5.91 Å². The zero-order valence-electron chi connectivity index (χ0n) is 18.9. The van der Waals surface area contributed by atoms with Crippen LogP contribution in [0.15, 0.2) is 72.9 Å². The van der Waals surface area contributed by atoms with Crippen LogP contribution >= 0.6 is 0 Å². The van der Waals surface area contributed by atoms with Crippen molar-refractivity contribution in [1.82, 2.24) is 15.2 Å². The average Bonchev–Trinajstić information content (AvgIpc) is 3.33. The zero-order chi connectivity index (χ0) is 22.1. The molecule has 1 N–H and O–H groups in total. The van der Waals surface area contributed by atoms with Crippen LogP contribution < -0.4 is 5.32 Å². The first-order valence-electron chi connectivity index (χ1n) is 11.7. The number of carbonyl (C=O) groups excluding carboxylic acids is 1. The fourth-order valence-electron chi connectivity index (χ4n) is 6.02. The third-order valence-corrected chi connectivity index (χ3v) is 7.55. The van der Waals surface area contributed by atoms with Gasteiger partial charge in [-0.05, 0) is 68.4 Å². The standard InChI is InChI=1S/C28H31N3O/c1-20-9-8-10-21(2)25(20)27(32)30-26(22-11-4-3-5-12-22)28-16-14-24(15-17-28)31(28)19-23-13-6-7-18-29-23/h3-13,18,24,26H,14-17,19H2,1-2H3,(H,30,32)/t24?,26-,28?/m1/s1. The molecular weight excluding hydrogens is 394 g/mol. The van der Waals surface area contributed by atoms with Crippen molar-refractivity contribution in [2.75, 3.05) is 0 Å². The molecule has 2 aliphatic heterocycles. The Bertz CT molecular complexity index is 1070. The number of carbonyl (C=O) groups is 1. The smallest absolute Gasteiger partial charge is 0.252 e. The topological polar surface area (TPSA) is 45.2 Å². The van der Waals surface area contributed by atoms with Gasteiger partial charge >= 0.3 is 0 Å². The van der Waals surface area contributed by atoms with Crippen molar-refractivity contribution in [2.45, 2.75) is 63.7 Å². The highest BCUT2D eigenvalue weighted by Crippen LogP contribution is 2.53. The molecule has 0 unspecified atom stereocenters. The Balaban J connectivity index is 1.53. The molecule has 2 saturated heterocycles. The minimum absolute atomic E-state index is 0.0250. The molecule has 0 spiro atoms. The third kappa shape index (κ3) is 3.63. The summed E-state index contributed by atoms with van der Waals surface area (Å²) in [6.45, 7) is 4.87. The van der Waals surface area contributed by atoms with Crippen molar-refractivity contribution in [1.29, 1.82) is 0 Å². The van der Waals surface area contributed by atoms with Gasteiger partial charge in [-0.2, -0.15) is 0 Å². The summed E-state index contributed by atoms with van der Waals surface area (Å²) in [5.41, 5.74) is 5.03. The number of aryl methyl sites for hydroxylation is 2. The van der Waals surface area contributed by atoms with Gasteiger partial charge in [0.1, 0.15) is 0 Å². The second kappa shape index (κ2) is 8.51. The van der Waals surface area contributed by atoms with Gasteiger partial charge in [0, 0.05) is 29.9 Å². The van der Waals surface area contributed by atoms with E-state index in [1.54, 1.807) is 0 Å². The monoisotopic (exact) mass is 425 g/mol. The predicted octanol–water partition coefficient (Wildman–Crippen LogP) is 5.37. The van der Waals surface area contributed by atoms with Gasteiger partial charge in [-0.3, -0.25) is 14.7 Å². The van der Waals surface area contributed by atoms with E-state index in [2.05, 4.69) is 51.6 Å². The summed E-state index contributed by atoms with van der Waals surface area (Å²) in [5.74, 6) is 0.0250. The molecule has 2 bridgehead atoms. The number of hydrogen-bond donors (Lipinski definition) is 1. The van der Waals surface area contributed by atoms with Gasteiger partial charge in [0.2, 0.25) is 0 Å². The summed E-state index contributed by atoms with van der Waals surface area (Å²) < 4.78 is 0. The molecule has 3 heterocycles. The largest absolute Gasteiger partial charge is 0.343 e. The van der Waals surface area contributed by atoms with Gasteiger partial charge in [0.25, 0.3) is 5.91 Å². The molecule has 2 fully saturated rings. The first kappa shape index (κ1) is 20.9. The van der Waals surface area contributed by atoms with Crippen LogP contribution in [0.5, 0.6) is 0 Å². The molecule has 1 atom stereocenters. The van der Waals surface area contributed by atoms with Crippen molar-refractivity contribution < 1.29 is 4.79 Å². The van der Waals surface area contributed by atoms with E-state index in [1.165, 1.54) is 18.4 Å². The SMILES string of the molecule is Cc1cccc(C)c1C(=O)N[C@H](c1ccccc1)C12CCC(CC1)N2Cc1ccccn1. The Hall–Kier alpha value is -2.98. The highest BCUT2D eigenvalue weighted by Gasteiger charge is 2.56. The van der Waals surface area contributed by atoms with Gasteiger partial charge in [-0.25, -0.2) is 0 Å². The minimum atomic E-state index is -0.0875. The quantitative estimate of drug-likeness (QED) is 0.578. The Morgan fingerprint density at radius 2 is 1.69 bits per heavy atom. The predicted molar refractivity (Wildman–Crippen MR) is 127 cm³/mol. The van der Waals surface area contributed by atoms with Crippen molar-refractivity contribution in [3.8, 4) is 0 Å². The van der Waals surface area contributed by atoms with E-state index >= 15 is 0 Å². The number of nitrogens with zero attached hydrogens (tertiary/aromatic N) is 2. The van der Waals surface area contributed by atoms with Crippen LogP contribution in [0.25, 0.3) is 0 Å². The van der Waals surface area contributed by atoms with E-state index in [9.17, 15) is 4.79 Å². The van der Waals surface area contributed by atoms with Gasteiger partial charge in [-0.15, -0.1) is 0 Å². The van der Waals surface area contributed by atoms with Crippen molar-refractivity contribution in [3.05, 3.63) is 101 Å². The summed E-state index contributed by atoms with van der Waals surface area (Å²) in [6, 6.07) is 23.2. The number of amides is 1. The van der Waals surface area contributed by atoms with E-state index in [-0.39, 0.29) is 17.5 Å². The Kier molecular flexibility index (Phi) is 5.56. The highest BCUT2D eigenvalue weighted by atomic mass is 16.1. The molecule has 32 heavy (non-hydrogen) atoms. The van der Waals surface area contributed by atoms with Gasteiger partial charge in [-0.1, -0.05) is 54.6 Å². The van der Waals surface area contributed by atoms with E-state index in [0.29, 0.717) is 6.04 Å². The minimum Gasteiger partial charge on any atom is -0.343 e. The lowest BCUT2D eigenvalue weighted by Gasteiger charge is -2.42. The number of nitrogens with one attached hydrogen (secondary N) is 1. The molecule has 164 valence electrons. The van der Waals surface area contributed by atoms with Crippen LogP contribution in [0.3, 0.4) is 0 Å².